The third kappa shape index (κ3) is 3.87. The smallest absolute Gasteiger partial charge is 0.165 e. The fraction of sp³-hybridized carbons (Fsp3) is 0.625. The van der Waals surface area contributed by atoms with Crippen LogP contribution < -0.4 is 14.8 Å². The topological polar surface area (TPSA) is 50.7 Å². The largest absolute Gasteiger partial charge is 0.487 e. The first-order valence-corrected chi connectivity index (χ1v) is 7.22. The number of hydrogen-bond acceptors (Lipinski definition) is 4. The molecule has 0 aliphatic carbocycles. The van der Waals surface area contributed by atoms with Crippen LogP contribution in [0.2, 0.25) is 0 Å². The molecule has 0 spiro atoms. The van der Waals surface area contributed by atoms with Crippen molar-refractivity contribution in [3.63, 3.8) is 0 Å². The number of para-hydroxylation sites is 1. The monoisotopic (exact) mass is 279 g/mol. The molecular formula is C16H25NO3. The zero-order valence-electron chi connectivity index (χ0n) is 12.8. The molecule has 1 atom stereocenters. The van der Waals surface area contributed by atoms with E-state index in [1.165, 1.54) is 5.56 Å². The summed E-state index contributed by atoms with van der Waals surface area (Å²) in [6, 6.07) is 6.28. The molecular weight excluding hydrogens is 254 g/mol. The molecule has 112 valence electrons. The lowest BCUT2D eigenvalue weighted by Crippen LogP contribution is -2.35. The van der Waals surface area contributed by atoms with Crippen molar-refractivity contribution in [2.45, 2.75) is 51.9 Å². The fourth-order valence-corrected chi connectivity index (χ4v) is 2.32. The third-order valence-corrected chi connectivity index (χ3v) is 3.25. The van der Waals surface area contributed by atoms with Gasteiger partial charge in [-0.3, -0.25) is 0 Å². The van der Waals surface area contributed by atoms with E-state index in [-0.39, 0.29) is 12.2 Å². The van der Waals surface area contributed by atoms with Crippen LogP contribution in [0.5, 0.6) is 11.5 Å². The highest BCUT2D eigenvalue weighted by atomic mass is 16.5. The number of benzene rings is 1. The summed E-state index contributed by atoms with van der Waals surface area (Å²) in [6.07, 6.45) is 0.361. The Kier molecular flexibility index (Phi) is 4.55. The molecule has 20 heavy (non-hydrogen) atoms. The molecule has 4 nitrogen and oxygen atoms in total. The Balaban J connectivity index is 1.93. The third-order valence-electron chi connectivity index (χ3n) is 3.25. The standard InChI is InChI=1S/C16H25NO3/c1-11(2)17-9-13(18)10-19-14-7-5-6-12-8-16(3,4)20-15(12)14/h5-7,11,13,17-18H,8-10H2,1-4H3. The molecule has 2 rings (SSSR count). The lowest BCUT2D eigenvalue weighted by Gasteiger charge is -2.19. The number of hydrogen-bond donors (Lipinski definition) is 2. The number of aliphatic hydroxyl groups is 1. The van der Waals surface area contributed by atoms with Gasteiger partial charge in [-0.05, 0) is 19.9 Å². The summed E-state index contributed by atoms with van der Waals surface area (Å²) >= 11 is 0. The van der Waals surface area contributed by atoms with Crippen molar-refractivity contribution in [3.05, 3.63) is 23.8 Å². The number of ether oxygens (including phenoxy) is 2. The highest BCUT2D eigenvalue weighted by Crippen LogP contribution is 2.41. The second-order valence-corrected chi connectivity index (χ2v) is 6.31. The van der Waals surface area contributed by atoms with E-state index in [4.69, 9.17) is 9.47 Å². The van der Waals surface area contributed by atoms with Crippen molar-refractivity contribution in [3.8, 4) is 11.5 Å². The average molecular weight is 279 g/mol. The summed E-state index contributed by atoms with van der Waals surface area (Å²) in [5.74, 6) is 1.54. The van der Waals surface area contributed by atoms with Gasteiger partial charge in [0.05, 0.1) is 0 Å². The van der Waals surface area contributed by atoms with Crippen LogP contribution in [0.4, 0.5) is 0 Å². The van der Waals surface area contributed by atoms with Crippen molar-refractivity contribution in [2.75, 3.05) is 13.2 Å². The second kappa shape index (κ2) is 6.02. The van der Waals surface area contributed by atoms with Crippen molar-refractivity contribution in [1.82, 2.24) is 5.32 Å². The fourth-order valence-electron chi connectivity index (χ4n) is 2.32. The first-order chi connectivity index (χ1) is 9.37. The Hall–Kier alpha value is -1.26. The Morgan fingerprint density at radius 1 is 1.40 bits per heavy atom. The molecule has 0 bridgehead atoms. The summed E-state index contributed by atoms with van der Waals surface area (Å²) < 4.78 is 11.7. The first-order valence-electron chi connectivity index (χ1n) is 7.22. The van der Waals surface area contributed by atoms with Crippen LogP contribution in [0.3, 0.4) is 0 Å². The van der Waals surface area contributed by atoms with Crippen molar-refractivity contribution in [2.24, 2.45) is 0 Å². The van der Waals surface area contributed by atoms with E-state index in [1.54, 1.807) is 0 Å². The van der Waals surface area contributed by atoms with Crippen LogP contribution in [0.1, 0.15) is 33.3 Å². The first kappa shape index (κ1) is 15.1. The van der Waals surface area contributed by atoms with Crippen LogP contribution in [0, 0.1) is 0 Å². The van der Waals surface area contributed by atoms with Gasteiger partial charge in [-0.1, -0.05) is 26.0 Å². The highest BCUT2D eigenvalue weighted by molar-refractivity contribution is 5.50. The van der Waals surface area contributed by atoms with Gasteiger partial charge in [0.1, 0.15) is 18.3 Å². The summed E-state index contributed by atoms with van der Waals surface area (Å²) in [5.41, 5.74) is 0.988. The lowest BCUT2D eigenvalue weighted by atomic mass is 10.0. The van der Waals surface area contributed by atoms with Gasteiger partial charge in [0, 0.05) is 24.6 Å². The number of rotatable bonds is 6. The number of aliphatic hydroxyl groups excluding tert-OH is 1. The van der Waals surface area contributed by atoms with Crippen LogP contribution in [0.15, 0.2) is 18.2 Å². The zero-order valence-corrected chi connectivity index (χ0v) is 12.8. The minimum Gasteiger partial charge on any atom is -0.487 e. The molecule has 0 aromatic heterocycles. The van der Waals surface area contributed by atoms with E-state index < -0.39 is 6.10 Å². The molecule has 0 saturated carbocycles. The highest BCUT2D eigenvalue weighted by Gasteiger charge is 2.32. The minimum atomic E-state index is -0.525. The average Bonchev–Trinajstić information content (AvgIpc) is 2.68. The van der Waals surface area contributed by atoms with Crippen molar-refractivity contribution < 1.29 is 14.6 Å². The van der Waals surface area contributed by atoms with E-state index in [9.17, 15) is 5.11 Å². The van der Waals surface area contributed by atoms with Crippen molar-refractivity contribution >= 4 is 0 Å². The molecule has 1 unspecified atom stereocenters. The van der Waals surface area contributed by atoms with E-state index in [1.807, 2.05) is 26.0 Å². The predicted octanol–water partition coefficient (Wildman–Crippen LogP) is 2.14. The quantitative estimate of drug-likeness (QED) is 0.837. The van der Waals surface area contributed by atoms with Gasteiger partial charge >= 0.3 is 0 Å². The molecule has 0 saturated heterocycles. The normalized spacial score (nSPS) is 17.7. The Morgan fingerprint density at radius 3 is 2.85 bits per heavy atom. The van der Waals surface area contributed by atoms with Crippen molar-refractivity contribution in [1.29, 1.82) is 0 Å². The van der Waals surface area contributed by atoms with Crippen LogP contribution in [-0.4, -0.2) is 36.0 Å². The molecule has 4 heteroatoms. The van der Waals surface area contributed by atoms with Gasteiger partial charge < -0.3 is 19.9 Å². The second-order valence-electron chi connectivity index (χ2n) is 6.31. The van der Waals surface area contributed by atoms with Gasteiger partial charge in [-0.15, -0.1) is 0 Å². The summed E-state index contributed by atoms with van der Waals surface area (Å²) in [7, 11) is 0. The lowest BCUT2D eigenvalue weighted by molar-refractivity contribution is 0.0959. The molecule has 1 aromatic carbocycles. The van der Waals surface area contributed by atoms with Gasteiger partial charge in [0.25, 0.3) is 0 Å². The van der Waals surface area contributed by atoms with Gasteiger partial charge in [0.15, 0.2) is 11.5 Å². The van der Waals surface area contributed by atoms with Gasteiger partial charge in [0.2, 0.25) is 0 Å². The Labute approximate surface area is 121 Å². The molecule has 0 fully saturated rings. The molecule has 0 radical (unpaired) electrons. The van der Waals surface area contributed by atoms with E-state index >= 15 is 0 Å². The molecule has 1 heterocycles. The zero-order chi connectivity index (χ0) is 14.8. The molecule has 1 aliphatic rings. The number of nitrogens with one attached hydrogen (secondary N) is 1. The maximum atomic E-state index is 9.88. The predicted molar refractivity (Wildman–Crippen MR) is 79.5 cm³/mol. The summed E-state index contributed by atoms with van der Waals surface area (Å²) in [5, 5.41) is 13.1. The molecule has 0 amide bonds. The maximum absolute atomic E-state index is 9.88. The van der Waals surface area contributed by atoms with Gasteiger partial charge in [-0.25, -0.2) is 0 Å². The van der Waals surface area contributed by atoms with Gasteiger partial charge in [-0.2, -0.15) is 0 Å². The molecule has 1 aromatic rings. The van der Waals surface area contributed by atoms with E-state index in [2.05, 4.69) is 25.2 Å². The van der Waals surface area contributed by atoms with Crippen LogP contribution >= 0.6 is 0 Å². The minimum absolute atomic E-state index is 0.181. The van der Waals surface area contributed by atoms with E-state index in [0.717, 1.165) is 17.9 Å². The SMILES string of the molecule is CC(C)NCC(O)COc1cccc2c1OC(C)(C)C2. The summed E-state index contributed by atoms with van der Waals surface area (Å²) in [4.78, 5) is 0. The molecule has 1 aliphatic heterocycles. The number of fused-ring (bicyclic) bond motifs is 1. The van der Waals surface area contributed by atoms with Crippen LogP contribution in [-0.2, 0) is 6.42 Å². The van der Waals surface area contributed by atoms with E-state index in [0.29, 0.717) is 12.6 Å². The molecule has 2 N–H and O–H groups in total. The Bertz CT molecular complexity index is 457. The maximum Gasteiger partial charge on any atom is 0.165 e. The summed E-state index contributed by atoms with van der Waals surface area (Å²) in [6.45, 7) is 9.02. The Morgan fingerprint density at radius 2 is 2.15 bits per heavy atom. The van der Waals surface area contributed by atoms with Crippen LogP contribution in [0.25, 0.3) is 0 Å².